The monoisotopic (exact) mass is 293 g/mol. The predicted molar refractivity (Wildman–Crippen MR) is 77.4 cm³/mol. The number of rotatable bonds is 4. The zero-order valence-corrected chi connectivity index (χ0v) is 11.6. The van der Waals surface area contributed by atoms with Gasteiger partial charge < -0.3 is 25.8 Å². The number of nitrogens with zero attached hydrogens (tertiary/aromatic N) is 1. The second-order valence-electron chi connectivity index (χ2n) is 4.96. The molecule has 0 atom stereocenters. The highest BCUT2D eigenvalue weighted by atomic mass is 16.5. The molecule has 21 heavy (non-hydrogen) atoms. The minimum Gasteiger partial charge on any atom is -0.482 e. The molecule has 1 fully saturated rings. The molecule has 1 aliphatic heterocycles. The van der Waals surface area contributed by atoms with E-state index in [0.717, 1.165) is 12.8 Å². The fourth-order valence-electron chi connectivity index (χ4n) is 2.08. The van der Waals surface area contributed by atoms with Gasteiger partial charge in [-0.05, 0) is 37.1 Å². The van der Waals surface area contributed by atoms with Gasteiger partial charge in [-0.25, -0.2) is 9.59 Å². The van der Waals surface area contributed by atoms with E-state index in [1.54, 1.807) is 29.2 Å². The second-order valence-corrected chi connectivity index (χ2v) is 4.96. The molecular formula is C14H19N3O4. The number of aliphatic carboxylic acids is 1. The maximum atomic E-state index is 12.0. The number of ether oxygens (including phenoxy) is 1. The summed E-state index contributed by atoms with van der Waals surface area (Å²) >= 11 is 0. The summed E-state index contributed by atoms with van der Waals surface area (Å²) in [7, 11) is 0. The van der Waals surface area contributed by atoms with Crippen molar-refractivity contribution in [3.8, 4) is 5.75 Å². The van der Waals surface area contributed by atoms with Crippen LogP contribution in [0.2, 0.25) is 0 Å². The topological polar surface area (TPSA) is 105 Å². The molecule has 0 spiro atoms. The van der Waals surface area contributed by atoms with Crippen LogP contribution in [0.3, 0.4) is 0 Å². The fourth-order valence-corrected chi connectivity index (χ4v) is 2.08. The van der Waals surface area contributed by atoms with Crippen molar-refractivity contribution >= 4 is 17.7 Å². The Morgan fingerprint density at radius 3 is 2.48 bits per heavy atom. The SMILES string of the molecule is NC1CCN(C(=O)Nc2ccc(OCC(=O)O)cc2)CC1. The van der Waals surface area contributed by atoms with E-state index in [1.165, 1.54) is 0 Å². The quantitative estimate of drug-likeness (QED) is 0.771. The van der Waals surface area contributed by atoms with Crippen molar-refractivity contribution < 1.29 is 19.4 Å². The first-order valence-corrected chi connectivity index (χ1v) is 6.81. The molecule has 1 aromatic rings. The molecule has 0 bridgehead atoms. The number of piperidine rings is 1. The summed E-state index contributed by atoms with van der Waals surface area (Å²) in [4.78, 5) is 24.2. The number of benzene rings is 1. The lowest BCUT2D eigenvalue weighted by molar-refractivity contribution is -0.139. The zero-order chi connectivity index (χ0) is 15.2. The summed E-state index contributed by atoms with van der Waals surface area (Å²) in [6.07, 6.45) is 1.63. The summed E-state index contributed by atoms with van der Waals surface area (Å²) in [5.41, 5.74) is 6.44. The number of amides is 2. The van der Waals surface area contributed by atoms with Crippen molar-refractivity contribution in [2.75, 3.05) is 25.0 Å². The van der Waals surface area contributed by atoms with E-state index < -0.39 is 5.97 Å². The number of carboxylic acids is 1. The minimum atomic E-state index is -1.03. The van der Waals surface area contributed by atoms with E-state index in [4.69, 9.17) is 15.6 Å². The maximum Gasteiger partial charge on any atom is 0.341 e. The highest BCUT2D eigenvalue weighted by molar-refractivity contribution is 5.89. The van der Waals surface area contributed by atoms with E-state index in [2.05, 4.69) is 5.32 Å². The fraction of sp³-hybridized carbons (Fsp3) is 0.429. The Balaban J connectivity index is 1.85. The first-order chi connectivity index (χ1) is 10.0. The summed E-state index contributed by atoms with van der Waals surface area (Å²) < 4.78 is 5.02. The molecule has 0 saturated carbocycles. The smallest absolute Gasteiger partial charge is 0.341 e. The largest absolute Gasteiger partial charge is 0.482 e. The zero-order valence-electron chi connectivity index (χ0n) is 11.6. The Morgan fingerprint density at radius 1 is 1.29 bits per heavy atom. The Kier molecular flexibility index (Phi) is 4.99. The van der Waals surface area contributed by atoms with Crippen LogP contribution < -0.4 is 15.8 Å². The molecule has 0 unspecified atom stereocenters. The van der Waals surface area contributed by atoms with E-state index in [1.807, 2.05) is 0 Å². The van der Waals surface area contributed by atoms with Gasteiger partial charge >= 0.3 is 12.0 Å². The van der Waals surface area contributed by atoms with Gasteiger partial charge in [-0.3, -0.25) is 0 Å². The molecule has 114 valence electrons. The molecule has 0 aromatic heterocycles. The molecule has 1 aliphatic rings. The number of hydrogen-bond donors (Lipinski definition) is 3. The molecule has 7 nitrogen and oxygen atoms in total. The van der Waals surface area contributed by atoms with E-state index in [-0.39, 0.29) is 18.7 Å². The minimum absolute atomic E-state index is 0.152. The Labute approximate surface area is 122 Å². The van der Waals surface area contributed by atoms with Gasteiger partial charge in [0.2, 0.25) is 0 Å². The molecule has 2 rings (SSSR count). The lowest BCUT2D eigenvalue weighted by Crippen LogP contribution is -2.44. The molecule has 0 radical (unpaired) electrons. The van der Waals surface area contributed by atoms with Gasteiger partial charge in [0.15, 0.2) is 6.61 Å². The van der Waals surface area contributed by atoms with Crippen LogP contribution >= 0.6 is 0 Å². The first-order valence-electron chi connectivity index (χ1n) is 6.81. The van der Waals surface area contributed by atoms with Crippen molar-refractivity contribution in [1.29, 1.82) is 0 Å². The third-order valence-electron chi connectivity index (χ3n) is 3.29. The number of carbonyl (C=O) groups is 2. The van der Waals surface area contributed by atoms with E-state index in [9.17, 15) is 9.59 Å². The number of carboxylic acid groups (broad SMARTS) is 1. The Hall–Kier alpha value is -2.28. The summed E-state index contributed by atoms with van der Waals surface area (Å²) in [5.74, 6) is -0.588. The molecule has 2 amide bonds. The van der Waals surface area contributed by atoms with Crippen LogP contribution in [-0.2, 0) is 4.79 Å². The van der Waals surface area contributed by atoms with Crippen LogP contribution in [0.25, 0.3) is 0 Å². The highest BCUT2D eigenvalue weighted by Crippen LogP contribution is 2.17. The number of carbonyl (C=O) groups excluding carboxylic acids is 1. The molecule has 1 heterocycles. The van der Waals surface area contributed by atoms with Crippen molar-refractivity contribution in [1.82, 2.24) is 4.90 Å². The third-order valence-corrected chi connectivity index (χ3v) is 3.29. The predicted octanol–water partition coefficient (Wildman–Crippen LogP) is 1.10. The van der Waals surface area contributed by atoms with E-state index >= 15 is 0 Å². The van der Waals surface area contributed by atoms with Crippen LogP contribution in [-0.4, -0.2) is 47.7 Å². The van der Waals surface area contributed by atoms with Gasteiger partial charge in [-0.1, -0.05) is 0 Å². The lowest BCUT2D eigenvalue weighted by Gasteiger charge is -2.30. The van der Waals surface area contributed by atoms with Crippen molar-refractivity contribution in [3.05, 3.63) is 24.3 Å². The number of anilines is 1. The lowest BCUT2D eigenvalue weighted by atomic mass is 10.1. The average molecular weight is 293 g/mol. The van der Waals surface area contributed by atoms with Gasteiger partial charge in [0.25, 0.3) is 0 Å². The Bertz CT molecular complexity index is 495. The second kappa shape index (κ2) is 6.94. The van der Waals surface area contributed by atoms with Gasteiger partial charge in [0, 0.05) is 24.8 Å². The summed E-state index contributed by atoms with van der Waals surface area (Å²) in [6, 6.07) is 6.60. The van der Waals surface area contributed by atoms with Gasteiger partial charge in [0.05, 0.1) is 0 Å². The van der Waals surface area contributed by atoms with Crippen molar-refractivity contribution in [3.63, 3.8) is 0 Å². The normalized spacial score (nSPS) is 15.6. The summed E-state index contributed by atoms with van der Waals surface area (Å²) in [5, 5.41) is 11.3. The van der Waals surface area contributed by atoms with Crippen LogP contribution in [0, 0.1) is 0 Å². The Morgan fingerprint density at radius 2 is 1.90 bits per heavy atom. The molecular weight excluding hydrogens is 274 g/mol. The molecule has 7 heteroatoms. The van der Waals surface area contributed by atoms with Crippen LogP contribution in [0.1, 0.15) is 12.8 Å². The van der Waals surface area contributed by atoms with Crippen LogP contribution in [0.15, 0.2) is 24.3 Å². The number of urea groups is 1. The third kappa shape index (κ3) is 4.64. The molecule has 1 aromatic carbocycles. The summed E-state index contributed by atoms with van der Waals surface area (Å²) in [6.45, 7) is 0.930. The molecule has 4 N–H and O–H groups in total. The number of nitrogens with two attached hydrogens (primary N) is 1. The number of hydrogen-bond acceptors (Lipinski definition) is 4. The highest BCUT2D eigenvalue weighted by Gasteiger charge is 2.20. The standard InChI is InChI=1S/C14H19N3O4/c15-10-5-7-17(8-6-10)14(20)16-11-1-3-12(4-2-11)21-9-13(18)19/h1-4,10H,5-9,15H2,(H,16,20)(H,18,19). The van der Waals surface area contributed by atoms with Gasteiger partial charge in [-0.2, -0.15) is 0 Å². The van der Waals surface area contributed by atoms with Crippen molar-refractivity contribution in [2.45, 2.75) is 18.9 Å². The average Bonchev–Trinajstić information content (AvgIpc) is 2.47. The van der Waals surface area contributed by atoms with E-state index in [0.29, 0.717) is 24.5 Å². The maximum absolute atomic E-state index is 12.0. The van der Waals surface area contributed by atoms with Crippen molar-refractivity contribution in [2.24, 2.45) is 5.73 Å². The molecule has 1 saturated heterocycles. The van der Waals surface area contributed by atoms with Gasteiger partial charge in [-0.15, -0.1) is 0 Å². The number of nitrogens with one attached hydrogen (secondary N) is 1. The molecule has 0 aliphatic carbocycles. The first kappa shape index (κ1) is 15.1. The van der Waals surface area contributed by atoms with Crippen LogP contribution in [0.5, 0.6) is 5.75 Å². The van der Waals surface area contributed by atoms with Gasteiger partial charge in [0.1, 0.15) is 5.75 Å². The number of likely N-dealkylation sites (tertiary alicyclic amines) is 1. The van der Waals surface area contributed by atoms with Crippen LogP contribution in [0.4, 0.5) is 10.5 Å².